The highest BCUT2D eigenvalue weighted by molar-refractivity contribution is 5.56. The molecule has 0 aliphatic carbocycles. The zero-order valence-corrected chi connectivity index (χ0v) is 14.4. The lowest BCUT2D eigenvalue weighted by atomic mass is 10.2. The third-order valence-electron chi connectivity index (χ3n) is 3.47. The number of rotatable bonds is 4. The Morgan fingerprint density at radius 3 is 2.79 bits per heavy atom. The van der Waals surface area contributed by atoms with E-state index >= 15 is 0 Å². The van der Waals surface area contributed by atoms with Crippen LogP contribution in [0.1, 0.15) is 11.1 Å². The summed E-state index contributed by atoms with van der Waals surface area (Å²) in [6, 6.07) is 11.9. The summed E-state index contributed by atoms with van der Waals surface area (Å²) < 4.78 is 3.72. The van der Waals surface area contributed by atoms with E-state index < -0.39 is 0 Å². The minimum atomic E-state index is 0. The molecule has 0 amide bonds. The Morgan fingerprint density at radius 2 is 2.04 bits per heavy atom. The first-order valence-electron chi connectivity index (χ1n) is 7.36. The van der Waals surface area contributed by atoms with Gasteiger partial charge in [-0.15, -0.1) is 5.11 Å². The van der Waals surface area contributed by atoms with Gasteiger partial charge in [-0.05, 0) is 30.7 Å². The van der Waals surface area contributed by atoms with Crippen LogP contribution in [0, 0.1) is 6.92 Å². The number of aryl methyl sites for hydroxylation is 2. The Hall–Kier alpha value is -2.73. The smallest absolute Gasteiger partial charge is 0.173 e. The maximum absolute atomic E-state index is 6.12. The van der Waals surface area contributed by atoms with Crippen LogP contribution in [0.2, 0.25) is 0 Å². The lowest BCUT2D eigenvalue weighted by Crippen LogP contribution is -3.00. The molecule has 2 N–H and O–H groups in total. The van der Waals surface area contributed by atoms with Crippen LogP contribution in [0.4, 0.5) is 17.2 Å². The second-order valence-electron chi connectivity index (χ2n) is 5.49. The van der Waals surface area contributed by atoms with Crippen molar-refractivity contribution in [2.24, 2.45) is 17.3 Å². The van der Waals surface area contributed by atoms with E-state index in [9.17, 15) is 0 Å². The molecule has 3 rings (SSSR count). The van der Waals surface area contributed by atoms with Crippen LogP contribution in [-0.4, -0.2) is 9.78 Å². The van der Waals surface area contributed by atoms with Crippen LogP contribution in [-0.2, 0) is 13.6 Å². The molecule has 0 bridgehead atoms. The number of nitrogen functional groups attached to an aromatic ring is 1. The van der Waals surface area contributed by atoms with Gasteiger partial charge in [0.2, 0.25) is 0 Å². The van der Waals surface area contributed by atoms with Crippen LogP contribution in [0.15, 0.2) is 65.2 Å². The molecule has 0 atom stereocenters. The number of aromatic nitrogens is 3. The molecule has 24 heavy (non-hydrogen) atoms. The van der Waals surface area contributed by atoms with E-state index in [0.717, 1.165) is 16.8 Å². The van der Waals surface area contributed by atoms with Crippen molar-refractivity contribution in [3.8, 4) is 0 Å². The van der Waals surface area contributed by atoms with Crippen LogP contribution in [0.3, 0.4) is 0 Å². The highest BCUT2D eigenvalue weighted by Gasteiger charge is 2.08. The zero-order valence-electron chi connectivity index (χ0n) is 13.6. The monoisotopic (exact) mass is 342 g/mol. The molecule has 7 heteroatoms. The minimum Gasteiger partial charge on any atom is -1.00 e. The Labute approximate surface area is 147 Å². The summed E-state index contributed by atoms with van der Waals surface area (Å²) in [6.45, 7) is 2.62. The molecule has 2 heterocycles. The lowest BCUT2D eigenvalue weighted by Gasteiger charge is -2.03. The molecule has 3 aromatic rings. The topological polar surface area (TPSA) is 72.4 Å². The summed E-state index contributed by atoms with van der Waals surface area (Å²) in [5, 5.41) is 12.7. The van der Waals surface area contributed by atoms with Gasteiger partial charge in [-0.1, -0.05) is 12.1 Å². The van der Waals surface area contributed by atoms with Crippen molar-refractivity contribution in [2.45, 2.75) is 13.5 Å². The number of hydrogen-bond acceptors (Lipinski definition) is 4. The Balaban J connectivity index is 0.00000208. The molecule has 0 radical (unpaired) electrons. The normalized spacial score (nSPS) is 10.8. The van der Waals surface area contributed by atoms with Crippen LogP contribution in [0.5, 0.6) is 0 Å². The van der Waals surface area contributed by atoms with Crippen LogP contribution >= 0.6 is 0 Å². The number of anilines is 1. The molecule has 0 saturated heterocycles. The van der Waals surface area contributed by atoms with E-state index in [-0.39, 0.29) is 12.4 Å². The average Bonchev–Trinajstić information content (AvgIpc) is 2.86. The molecule has 0 aliphatic rings. The van der Waals surface area contributed by atoms with Crippen molar-refractivity contribution in [1.29, 1.82) is 0 Å². The largest absolute Gasteiger partial charge is 1.00 e. The van der Waals surface area contributed by atoms with Gasteiger partial charge in [0.25, 0.3) is 0 Å². The van der Waals surface area contributed by atoms with Gasteiger partial charge in [-0.3, -0.25) is 0 Å². The number of hydrogen-bond donors (Lipinski definition) is 1. The summed E-state index contributed by atoms with van der Waals surface area (Å²) in [7, 11) is 1.98. The SMILES string of the molecule is Cc1cccc(/N=N/c2cnn(Cc3ccc[n+](C)c3)c2N)c1.[Cl-]. The second-order valence-corrected chi connectivity index (χ2v) is 5.49. The predicted octanol–water partition coefficient (Wildman–Crippen LogP) is 0.0659. The fraction of sp³-hybridized carbons (Fsp3) is 0.176. The molecule has 0 saturated carbocycles. The van der Waals surface area contributed by atoms with Crippen molar-refractivity contribution < 1.29 is 17.0 Å². The van der Waals surface area contributed by atoms with Gasteiger partial charge >= 0.3 is 0 Å². The summed E-state index contributed by atoms with van der Waals surface area (Å²) in [4.78, 5) is 0. The van der Waals surface area contributed by atoms with Gasteiger partial charge < -0.3 is 18.1 Å². The number of halogens is 1. The Morgan fingerprint density at radius 1 is 1.21 bits per heavy atom. The molecule has 0 aliphatic heterocycles. The molecule has 6 nitrogen and oxygen atoms in total. The summed E-state index contributed by atoms with van der Waals surface area (Å²) in [6.07, 6.45) is 5.66. The van der Waals surface area contributed by atoms with Crippen molar-refractivity contribution in [3.05, 3.63) is 66.1 Å². The van der Waals surface area contributed by atoms with Crippen LogP contribution in [0.25, 0.3) is 0 Å². The van der Waals surface area contributed by atoms with E-state index in [0.29, 0.717) is 18.1 Å². The van der Waals surface area contributed by atoms with Gasteiger partial charge in [0, 0.05) is 11.6 Å². The Kier molecular flexibility index (Phi) is 5.65. The van der Waals surface area contributed by atoms with E-state index in [2.05, 4.69) is 15.3 Å². The maximum Gasteiger partial charge on any atom is 0.173 e. The van der Waals surface area contributed by atoms with Gasteiger partial charge in [0.1, 0.15) is 18.6 Å². The zero-order chi connectivity index (χ0) is 16.2. The molecular weight excluding hydrogens is 324 g/mol. The molecular formula is C17H19ClN6. The second kappa shape index (κ2) is 7.70. The van der Waals surface area contributed by atoms with Gasteiger partial charge in [0.05, 0.1) is 18.4 Å². The number of nitrogens with zero attached hydrogens (tertiary/aromatic N) is 5. The first kappa shape index (κ1) is 17.6. The fourth-order valence-electron chi connectivity index (χ4n) is 2.31. The molecule has 2 aromatic heterocycles. The summed E-state index contributed by atoms with van der Waals surface area (Å²) in [5.41, 5.74) is 9.76. The number of azo groups is 1. The quantitative estimate of drug-likeness (QED) is 0.538. The minimum absolute atomic E-state index is 0. The van der Waals surface area contributed by atoms with E-state index in [1.54, 1.807) is 10.9 Å². The number of benzene rings is 1. The van der Waals surface area contributed by atoms with Crippen LogP contribution < -0.4 is 22.7 Å². The molecule has 0 fully saturated rings. The molecule has 0 unspecified atom stereocenters. The van der Waals surface area contributed by atoms with Gasteiger partial charge in [-0.2, -0.15) is 10.2 Å². The van der Waals surface area contributed by atoms with Crippen molar-refractivity contribution >= 4 is 17.2 Å². The van der Waals surface area contributed by atoms with E-state index in [1.807, 2.05) is 67.3 Å². The third-order valence-corrected chi connectivity index (χ3v) is 3.47. The Bertz CT molecular complexity index is 856. The maximum atomic E-state index is 6.12. The molecule has 1 aromatic carbocycles. The molecule has 0 spiro atoms. The van der Waals surface area contributed by atoms with Crippen molar-refractivity contribution in [1.82, 2.24) is 9.78 Å². The lowest BCUT2D eigenvalue weighted by molar-refractivity contribution is -0.671. The number of nitrogens with two attached hydrogens (primary N) is 1. The predicted molar refractivity (Wildman–Crippen MR) is 88.7 cm³/mol. The molecule has 124 valence electrons. The van der Waals surface area contributed by atoms with Crippen molar-refractivity contribution in [2.75, 3.05) is 5.73 Å². The third kappa shape index (κ3) is 4.17. The van der Waals surface area contributed by atoms with Crippen molar-refractivity contribution in [3.63, 3.8) is 0 Å². The highest BCUT2D eigenvalue weighted by atomic mass is 35.5. The number of pyridine rings is 1. The van der Waals surface area contributed by atoms with E-state index in [4.69, 9.17) is 5.73 Å². The summed E-state index contributed by atoms with van der Waals surface area (Å²) >= 11 is 0. The van der Waals surface area contributed by atoms with Gasteiger partial charge in [0.15, 0.2) is 12.4 Å². The highest BCUT2D eigenvalue weighted by Crippen LogP contribution is 2.24. The van der Waals surface area contributed by atoms with Gasteiger partial charge in [-0.25, -0.2) is 9.25 Å². The fourth-order valence-corrected chi connectivity index (χ4v) is 2.31. The first-order valence-corrected chi connectivity index (χ1v) is 7.36. The average molecular weight is 343 g/mol. The van der Waals surface area contributed by atoms with E-state index in [1.165, 1.54) is 0 Å². The summed E-state index contributed by atoms with van der Waals surface area (Å²) in [5.74, 6) is 0.507. The standard InChI is InChI=1S/C17H19N6.ClH/c1-13-5-3-7-15(9-13)20-21-16-10-19-23(17(16)18)12-14-6-4-8-22(2)11-14;/h3-11H,12,18H2,1-2H3;1H/q+1;/p-1/b21-20+;. The first-order chi connectivity index (χ1) is 11.1.